The van der Waals surface area contributed by atoms with E-state index in [0.717, 1.165) is 102 Å². The standard InChI is InChI=1S/C42H88N2O6S2Si2/c1-3-5-7-9-11-13-15-17-19-33-47-37-49-39-23-25-41(45)53-43(31-27-39)29-21-35-51-52-36-22-30-44-32-28-40(24-26-42(46)54-44)50-38-48-34-20-18-16-14-12-10-8-6-4-2/h39-42,45-46H,3-38,53-54H2,1-2H3. The van der Waals surface area contributed by atoms with E-state index in [-0.39, 0.29) is 23.7 Å². The number of hydrogen-bond donors (Lipinski definition) is 2. The monoisotopic (exact) mass is 837 g/mol. The first-order valence-corrected chi connectivity index (χ1v) is 28.4. The van der Waals surface area contributed by atoms with Crippen LogP contribution in [0.25, 0.3) is 0 Å². The number of unbranched alkanes of at least 4 members (excludes halogenated alkanes) is 16. The molecule has 0 radical (unpaired) electrons. The molecule has 8 nitrogen and oxygen atoms in total. The fourth-order valence-corrected chi connectivity index (χ4v) is 13.4. The molecule has 2 aliphatic heterocycles. The summed E-state index contributed by atoms with van der Waals surface area (Å²) in [6.07, 6.45) is 32.5. The van der Waals surface area contributed by atoms with Crippen LogP contribution in [0.3, 0.4) is 0 Å². The molecule has 2 heterocycles. The molecule has 0 bridgehead atoms. The Morgan fingerprint density at radius 3 is 1.24 bits per heavy atom. The predicted octanol–water partition coefficient (Wildman–Crippen LogP) is 8.70. The Morgan fingerprint density at radius 2 is 0.852 bits per heavy atom. The number of hydrogen-bond acceptors (Lipinski definition) is 10. The van der Waals surface area contributed by atoms with Crippen LogP contribution >= 0.6 is 21.6 Å². The average Bonchev–Trinajstić information content (AvgIpc) is 3.16. The summed E-state index contributed by atoms with van der Waals surface area (Å²) in [7, 11) is 2.78. The minimum atomic E-state index is -0.616. The zero-order chi connectivity index (χ0) is 38.6. The van der Waals surface area contributed by atoms with Gasteiger partial charge in [0.15, 0.2) is 0 Å². The first kappa shape index (κ1) is 51.0. The molecule has 4 atom stereocenters. The second kappa shape index (κ2) is 38.0. The largest absolute Gasteiger partial charge is 0.396 e. The minimum Gasteiger partial charge on any atom is -0.396 e. The van der Waals surface area contributed by atoms with Gasteiger partial charge in [0.2, 0.25) is 0 Å². The van der Waals surface area contributed by atoms with Gasteiger partial charge in [0.1, 0.15) is 32.9 Å². The van der Waals surface area contributed by atoms with Crippen LogP contribution in [0.1, 0.15) is 181 Å². The highest BCUT2D eigenvalue weighted by atomic mass is 33.1. The maximum atomic E-state index is 10.7. The molecule has 0 spiro atoms. The highest BCUT2D eigenvalue weighted by Crippen LogP contribution is 2.24. The van der Waals surface area contributed by atoms with Gasteiger partial charge < -0.3 is 38.3 Å². The third-order valence-electron chi connectivity index (χ3n) is 11.2. The van der Waals surface area contributed by atoms with E-state index < -0.39 is 19.4 Å². The van der Waals surface area contributed by atoms with E-state index in [2.05, 4.69) is 23.0 Å². The number of ether oxygens (including phenoxy) is 4. The zero-order valence-corrected chi connectivity index (χ0v) is 39.9. The molecule has 0 amide bonds. The summed E-state index contributed by atoms with van der Waals surface area (Å²) in [5, 5.41) is 21.3. The summed E-state index contributed by atoms with van der Waals surface area (Å²) in [4.78, 5) is 0. The summed E-state index contributed by atoms with van der Waals surface area (Å²) in [6, 6.07) is 0. The van der Waals surface area contributed by atoms with Crippen molar-refractivity contribution in [2.24, 2.45) is 0 Å². The Hall–Kier alpha value is 0.814. The Labute approximate surface area is 346 Å². The summed E-state index contributed by atoms with van der Waals surface area (Å²) in [5.41, 5.74) is -0.257. The molecule has 0 aromatic carbocycles. The Morgan fingerprint density at radius 1 is 0.481 bits per heavy atom. The first-order chi connectivity index (χ1) is 26.6. The van der Waals surface area contributed by atoms with Gasteiger partial charge in [-0.25, -0.2) is 0 Å². The van der Waals surface area contributed by atoms with E-state index >= 15 is 0 Å². The lowest BCUT2D eigenvalue weighted by Crippen LogP contribution is -2.41. The summed E-state index contributed by atoms with van der Waals surface area (Å²) in [5.74, 6) is 2.32. The van der Waals surface area contributed by atoms with Gasteiger partial charge in [0.25, 0.3) is 0 Å². The molecular formula is C42H88N2O6S2Si2. The zero-order valence-electron chi connectivity index (χ0n) is 35.4. The van der Waals surface area contributed by atoms with Gasteiger partial charge in [-0.3, -0.25) is 0 Å². The smallest absolute Gasteiger partial charge is 0.147 e. The van der Waals surface area contributed by atoms with E-state index in [1.165, 1.54) is 116 Å². The van der Waals surface area contributed by atoms with Crippen molar-refractivity contribution in [1.82, 2.24) is 9.13 Å². The van der Waals surface area contributed by atoms with E-state index in [9.17, 15) is 10.2 Å². The lowest BCUT2D eigenvalue weighted by Gasteiger charge is -2.30. The third kappa shape index (κ3) is 30.8. The molecule has 2 rings (SSSR count). The molecule has 2 fully saturated rings. The van der Waals surface area contributed by atoms with Crippen molar-refractivity contribution < 1.29 is 29.2 Å². The van der Waals surface area contributed by atoms with Crippen LogP contribution in [0.15, 0.2) is 0 Å². The molecule has 54 heavy (non-hydrogen) atoms. The maximum Gasteiger partial charge on any atom is 0.147 e. The fraction of sp³-hybridized carbons (Fsp3) is 1.00. The summed E-state index contributed by atoms with van der Waals surface area (Å²) >= 11 is 0. The second-order valence-corrected chi connectivity index (χ2v) is 23.4. The molecule has 0 saturated carbocycles. The minimum absolute atomic E-state index is 0.129. The predicted molar refractivity (Wildman–Crippen MR) is 240 cm³/mol. The number of rotatable bonds is 35. The van der Waals surface area contributed by atoms with Crippen molar-refractivity contribution in [2.45, 2.75) is 204 Å². The molecule has 4 unspecified atom stereocenters. The van der Waals surface area contributed by atoms with Gasteiger partial charge in [-0.15, -0.1) is 0 Å². The van der Waals surface area contributed by atoms with Crippen molar-refractivity contribution in [1.29, 1.82) is 0 Å². The Balaban J connectivity index is 1.43. The van der Waals surface area contributed by atoms with Gasteiger partial charge in [-0.1, -0.05) is 138 Å². The van der Waals surface area contributed by atoms with Crippen LogP contribution in [0.4, 0.5) is 0 Å². The highest BCUT2D eigenvalue weighted by molar-refractivity contribution is 8.76. The van der Waals surface area contributed by atoms with Crippen molar-refractivity contribution in [2.75, 3.05) is 64.5 Å². The quantitative estimate of drug-likeness (QED) is 0.0280. The third-order valence-corrected chi connectivity index (χ3v) is 17.7. The SMILES string of the molecule is CCCCCCCCCCCOCOC1CCC(O)[SiH2]N(CCCSSCCCN2CCC(OCOCCCCCCCCCCC)CCC(O)[SiH2]2)CC1. The Bertz CT molecular complexity index is 739. The normalized spacial score (nSPS) is 23.1. The number of aliphatic hydroxyl groups is 2. The Kier molecular flexibility index (Phi) is 35.9. The molecule has 12 heteroatoms. The maximum absolute atomic E-state index is 10.7. The lowest BCUT2D eigenvalue weighted by molar-refractivity contribution is -0.0975. The van der Waals surface area contributed by atoms with Gasteiger partial charge in [0, 0.05) is 24.7 Å². The van der Waals surface area contributed by atoms with Crippen molar-refractivity contribution in [3.05, 3.63) is 0 Å². The van der Waals surface area contributed by atoms with Crippen LogP contribution in [0.2, 0.25) is 0 Å². The van der Waals surface area contributed by atoms with Crippen LogP contribution in [0, 0.1) is 0 Å². The average molecular weight is 837 g/mol. The summed E-state index contributed by atoms with van der Waals surface area (Å²) in [6.45, 7) is 11.2. The van der Waals surface area contributed by atoms with Crippen LogP contribution in [0.5, 0.6) is 0 Å². The number of nitrogens with zero attached hydrogens (tertiary/aromatic N) is 2. The molecule has 0 aromatic rings. The van der Waals surface area contributed by atoms with Crippen LogP contribution in [-0.4, -0.2) is 127 Å². The second-order valence-electron chi connectivity index (χ2n) is 16.3. The molecule has 322 valence electrons. The highest BCUT2D eigenvalue weighted by Gasteiger charge is 2.22. The molecule has 2 saturated heterocycles. The molecule has 2 N–H and O–H groups in total. The van der Waals surface area contributed by atoms with Gasteiger partial charge in [0.05, 0.1) is 23.7 Å². The van der Waals surface area contributed by atoms with Crippen molar-refractivity contribution >= 4 is 41.0 Å². The first-order valence-electron chi connectivity index (χ1n) is 23.0. The molecular weight excluding hydrogens is 749 g/mol. The molecule has 0 aromatic heterocycles. The number of aliphatic hydroxyl groups excluding tert-OH is 2. The van der Waals surface area contributed by atoms with E-state index in [4.69, 9.17) is 18.9 Å². The van der Waals surface area contributed by atoms with Gasteiger partial charge >= 0.3 is 0 Å². The fourth-order valence-electron chi connectivity index (χ4n) is 7.65. The van der Waals surface area contributed by atoms with E-state index in [0.29, 0.717) is 13.6 Å². The van der Waals surface area contributed by atoms with Gasteiger partial charge in [-0.2, -0.15) is 0 Å². The topological polar surface area (TPSA) is 83.9 Å². The van der Waals surface area contributed by atoms with E-state index in [1.807, 2.05) is 21.6 Å². The summed E-state index contributed by atoms with van der Waals surface area (Å²) < 4.78 is 29.0. The van der Waals surface area contributed by atoms with Gasteiger partial charge in [-0.05, 0) is 90.4 Å². The van der Waals surface area contributed by atoms with Crippen LogP contribution in [-0.2, 0) is 18.9 Å². The van der Waals surface area contributed by atoms with Crippen LogP contribution < -0.4 is 0 Å². The lowest BCUT2D eigenvalue weighted by atomic mass is 10.1. The molecule has 0 aliphatic carbocycles. The van der Waals surface area contributed by atoms with E-state index in [1.54, 1.807) is 0 Å². The van der Waals surface area contributed by atoms with Crippen molar-refractivity contribution in [3.63, 3.8) is 0 Å². The van der Waals surface area contributed by atoms with Crippen molar-refractivity contribution in [3.8, 4) is 0 Å². The molecule has 2 aliphatic rings.